The van der Waals surface area contributed by atoms with Crippen LogP contribution < -0.4 is 21.5 Å². The van der Waals surface area contributed by atoms with Crippen molar-refractivity contribution in [3.8, 4) is 11.8 Å². The number of nitrogens with two attached hydrogens (primary N) is 2. The summed E-state index contributed by atoms with van der Waals surface area (Å²) in [6.45, 7) is 8.98. The van der Waals surface area contributed by atoms with Gasteiger partial charge in [0, 0.05) is 55.0 Å². The fourth-order valence-corrected chi connectivity index (χ4v) is 3.45. The molecule has 0 atom stereocenters. The van der Waals surface area contributed by atoms with Crippen LogP contribution in [0.15, 0.2) is 84.6 Å². The molecule has 0 unspecified atom stereocenters. The van der Waals surface area contributed by atoms with Gasteiger partial charge in [0.15, 0.2) is 0 Å². The summed E-state index contributed by atoms with van der Waals surface area (Å²) < 4.78 is 13.0. The highest BCUT2D eigenvalue weighted by atomic mass is 16.5. The second kappa shape index (κ2) is 12.8. The first-order valence-corrected chi connectivity index (χ1v) is 11.4. The molecule has 9 nitrogen and oxygen atoms in total. The van der Waals surface area contributed by atoms with Gasteiger partial charge in [-0.2, -0.15) is 10.4 Å². The lowest BCUT2D eigenvalue weighted by Gasteiger charge is -2.23. The number of hydrogen-bond acceptors (Lipinski definition) is 8. The van der Waals surface area contributed by atoms with Gasteiger partial charge in [0.2, 0.25) is 0 Å². The quantitative estimate of drug-likeness (QED) is 0.347. The first-order valence-electron chi connectivity index (χ1n) is 11.4. The van der Waals surface area contributed by atoms with Crippen LogP contribution in [0.3, 0.4) is 0 Å². The van der Waals surface area contributed by atoms with Gasteiger partial charge in [-0.15, -0.1) is 0 Å². The minimum atomic E-state index is 0.0461. The Labute approximate surface area is 211 Å². The third-order valence-corrected chi connectivity index (χ3v) is 5.32. The number of nitrogens with one attached hydrogen (secondary N) is 1. The molecule has 1 aliphatic heterocycles. The zero-order chi connectivity index (χ0) is 25.9. The maximum absolute atomic E-state index is 9.58. The number of aromatic nitrogens is 2. The molecule has 186 valence electrons. The van der Waals surface area contributed by atoms with E-state index < -0.39 is 0 Å². The molecule has 3 rings (SSSR count). The number of benzene rings is 1. The van der Waals surface area contributed by atoms with Gasteiger partial charge in [0.1, 0.15) is 23.7 Å². The summed E-state index contributed by atoms with van der Waals surface area (Å²) in [5.41, 5.74) is 15.9. The van der Waals surface area contributed by atoms with E-state index in [4.69, 9.17) is 20.9 Å². The number of aryl methyl sites for hydroxylation is 1. The number of ether oxygens (including phenoxy) is 2. The van der Waals surface area contributed by atoms with Crippen molar-refractivity contribution in [3.63, 3.8) is 0 Å². The molecule has 36 heavy (non-hydrogen) atoms. The predicted octanol–water partition coefficient (Wildman–Crippen LogP) is 3.35. The Balaban J connectivity index is 1.64. The molecule has 1 aliphatic rings. The molecule has 1 saturated heterocycles. The van der Waals surface area contributed by atoms with Crippen LogP contribution in [0.25, 0.3) is 11.4 Å². The minimum Gasteiger partial charge on any atom is -0.489 e. The van der Waals surface area contributed by atoms with Crippen molar-refractivity contribution >= 4 is 17.6 Å². The van der Waals surface area contributed by atoms with Crippen LogP contribution in [0.2, 0.25) is 0 Å². The van der Waals surface area contributed by atoms with Gasteiger partial charge < -0.3 is 26.3 Å². The number of nitriles is 1. The van der Waals surface area contributed by atoms with Crippen molar-refractivity contribution in [2.75, 3.05) is 13.2 Å². The summed E-state index contributed by atoms with van der Waals surface area (Å²) >= 11 is 0. The molecule has 1 aromatic heterocycles. The monoisotopic (exact) mass is 485 g/mol. The lowest BCUT2D eigenvalue weighted by atomic mass is 10.1. The number of aliphatic imine (C=N–C) groups is 1. The lowest BCUT2D eigenvalue weighted by molar-refractivity contribution is 0.0254. The van der Waals surface area contributed by atoms with Crippen LogP contribution >= 0.6 is 0 Å². The molecule has 2 heterocycles. The molecular formula is C27H31N7O2. The van der Waals surface area contributed by atoms with Gasteiger partial charge >= 0.3 is 0 Å². The Morgan fingerprint density at radius 2 is 2.06 bits per heavy atom. The third kappa shape index (κ3) is 7.48. The number of hydrogen-bond donors (Lipinski definition) is 3. The Morgan fingerprint density at radius 3 is 2.72 bits per heavy atom. The highest BCUT2D eigenvalue weighted by molar-refractivity contribution is 5.84. The highest BCUT2D eigenvalue weighted by Gasteiger charge is 2.17. The van der Waals surface area contributed by atoms with Crippen molar-refractivity contribution in [2.45, 2.75) is 18.9 Å². The SMILES string of the molecule is C=C/C=C(\C=C(/N)c1cnn(C)c1)NC(=C)N=C/C=C(\N)c1ccc(OC2CCOCC2)c(C#N)c1. The molecule has 2 aromatic rings. The van der Waals surface area contributed by atoms with Gasteiger partial charge in [-0.05, 0) is 42.0 Å². The van der Waals surface area contributed by atoms with E-state index in [-0.39, 0.29) is 6.10 Å². The van der Waals surface area contributed by atoms with Gasteiger partial charge in [-0.25, -0.2) is 4.99 Å². The van der Waals surface area contributed by atoms with Crippen LogP contribution in [-0.4, -0.2) is 35.3 Å². The van der Waals surface area contributed by atoms with Gasteiger partial charge in [0.25, 0.3) is 0 Å². The van der Waals surface area contributed by atoms with Crippen molar-refractivity contribution in [1.82, 2.24) is 15.1 Å². The first kappa shape index (κ1) is 26.1. The standard InChI is InChI=1S/C27H31N7O2/c1-4-5-23(15-26(30)22-17-32-34(3)18-22)33-19(2)31-11-8-25(29)20-6-7-27(21(14-20)16-28)36-24-9-12-35-13-10-24/h4-8,11,14-15,17-18,24,33H,1-2,9-10,12-13,29-30H2,3H3/b23-5+,25-8-,26-15-,31-11?. The fraction of sp³-hybridized carbons (Fsp3) is 0.222. The normalized spacial score (nSPS) is 15.5. The summed E-state index contributed by atoms with van der Waals surface area (Å²) in [7, 11) is 1.82. The summed E-state index contributed by atoms with van der Waals surface area (Å²) in [4.78, 5) is 4.28. The van der Waals surface area contributed by atoms with E-state index in [0.29, 0.717) is 53.0 Å². The van der Waals surface area contributed by atoms with E-state index in [1.54, 1.807) is 47.3 Å². The Morgan fingerprint density at radius 1 is 1.28 bits per heavy atom. The predicted molar refractivity (Wildman–Crippen MR) is 142 cm³/mol. The molecular weight excluding hydrogens is 454 g/mol. The van der Waals surface area contributed by atoms with Gasteiger partial charge in [-0.1, -0.05) is 19.2 Å². The van der Waals surface area contributed by atoms with E-state index in [2.05, 4.69) is 34.6 Å². The minimum absolute atomic E-state index is 0.0461. The lowest BCUT2D eigenvalue weighted by Crippen LogP contribution is -2.26. The summed E-state index contributed by atoms with van der Waals surface area (Å²) in [6.07, 6.45) is 13.5. The Kier molecular flexibility index (Phi) is 9.26. The molecule has 1 aromatic carbocycles. The van der Waals surface area contributed by atoms with Crippen LogP contribution in [0.5, 0.6) is 5.75 Å². The second-order valence-electron chi connectivity index (χ2n) is 8.08. The van der Waals surface area contributed by atoms with Crippen molar-refractivity contribution < 1.29 is 9.47 Å². The van der Waals surface area contributed by atoms with Crippen molar-refractivity contribution in [3.05, 3.63) is 96.3 Å². The Hall–Kier alpha value is -4.55. The number of nitrogens with zero attached hydrogens (tertiary/aromatic N) is 4. The average molecular weight is 486 g/mol. The molecule has 0 bridgehead atoms. The molecule has 1 fully saturated rings. The summed E-state index contributed by atoms with van der Waals surface area (Å²) in [5.74, 6) is 0.924. The second-order valence-corrected chi connectivity index (χ2v) is 8.08. The molecule has 0 aliphatic carbocycles. The number of allylic oxidation sites excluding steroid dienone is 4. The zero-order valence-corrected chi connectivity index (χ0v) is 20.4. The Bertz CT molecular complexity index is 1260. The maximum atomic E-state index is 9.58. The number of rotatable bonds is 10. The first-order chi connectivity index (χ1) is 17.4. The van der Waals surface area contributed by atoms with E-state index >= 15 is 0 Å². The average Bonchev–Trinajstić information content (AvgIpc) is 3.31. The fourth-order valence-electron chi connectivity index (χ4n) is 3.45. The van der Waals surface area contributed by atoms with Crippen LogP contribution in [-0.2, 0) is 11.8 Å². The van der Waals surface area contributed by atoms with E-state index in [1.807, 2.05) is 19.3 Å². The smallest absolute Gasteiger partial charge is 0.137 e. The molecule has 9 heteroatoms. The van der Waals surface area contributed by atoms with Gasteiger partial charge in [0.05, 0.1) is 25.0 Å². The molecule has 0 spiro atoms. The van der Waals surface area contributed by atoms with Crippen molar-refractivity contribution in [1.29, 1.82) is 5.26 Å². The zero-order valence-electron chi connectivity index (χ0n) is 20.4. The topological polar surface area (TPSA) is 136 Å². The molecule has 0 saturated carbocycles. The summed E-state index contributed by atoms with van der Waals surface area (Å²) in [5, 5.41) is 16.8. The molecule has 0 radical (unpaired) electrons. The summed E-state index contributed by atoms with van der Waals surface area (Å²) in [6, 6.07) is 7.48. The van der Waals surface area contributed by atoms with E-state index in [1.165, 1.54) is 6.21 Å². The van der Waals surface area contributed by atoms with Crippen LogP contribution in [0, 0.1) is 11.3 Å². The van der Waals surface area contributed by atoms with E-state index in [0.717, 1.165) is 18.4 Å². The highest BCUT2D eigenvalue weighted by Crippen LogP contribution is 2.25. The van der Waals surface area contributed by atoms with Gasteiger partial charge in [-0.3, -0.25) is 4.68 Å². The maximum Gasteiger partial charge on any atom is 0.137 e. The van der Waals surface area contributed by atoms with Crippen molar-refractivity contribution in [2.24, 2.45) is 23.5 Å². The largest absolute Gasteiger partial charge is 0.489 e. The van der Waals surface area contributed by atoms with E-state index in [9.17, 15) is 5.26 Å². The third-order valence-electron chi connectivity index (χ3n) is 5.32. The molecule has 5 N–H and O–H groups in total. The molecule has 0 amide bonds. The van der Waals surface area contributed by atoms with Crippen LogP contribution in [0.1, 0.15) is 29.5 Å². The van der Waals surface area contributed by atoms with Crippen LogP contribution in [0.4, 0.5) is 0 Å².